The molecule has 0 aliphatic carbocycles. The lowest BCUT2D eigenvalue weighted by Gasteiger charge is -2.39. The van der Waals surface area contributed by atoms with Crippen molar-refractivity contribution in [3.05, 3.63) is 0 Å². The zero-order valence-corrected chi connectivity index (χ0v) is 13.1. The van der Waals surface area contributed by atoms with Crippen LogP contribution in [0, 0.1) is 11.8 Å². The standard InChI is InChI=1S/C14H28N2O2S/c1-12(2)13-4-3-7-16(8-5-13)14(10-15)6-9-19(17,18)11-14/h12-13H,3-11,15H2,1-2H3. The zero-order chi connectivity index (χ0) is 14.1. The summed E-state index contributed by atoms with van der Waals surface area (Å²) in [5, 5.41) is 0. The minimum Gasteiger partial charge on any atom is -0.329 e. The number of nitrogens with zero attached hydrogens (tertiary/aromatic N) is 1. The van der Waals surface area contributed by atoms with Crippen molar-refractivity contribution in [2.24, 2.45) is 17.6 Å². The fourth-order valence-electron chi connectivity index (χ4n) is 3.70. The van der Waals surface area contributed by atoms with Crippen molar-refractivity contribution in [2.45, 2.75) is 45.1 Å². The molecule has 112 valence electrons. The van der Waals surface area contributed by atoms with E-state index in [-0.39, 0.29) is 11.3 Å². The van der Waals surface area contributed by atoms with Gasteiger partial charge in [-0.15, -0.1) is 0 Å². The van der Waals surface area contributed by atoms with Gasteiger partial charge in [0.25, 0.3) is 0 Å². The van der Waals surface area contributed by atoms with E-state index in [0.29, 0.717) is 12.3 Å². The summed E-state index contributed by atoms with van der Waals surface area (Å²) >= 11 is 0. The summed E-state index contributed by atoms with van der Waals surface area (Å²) in [7, 11) is -2.88. The van der Waals surface area contributed by atoms with E-state index in [0.717, 1.165) is 31.3 Å². The van der Waals surface area contributed by atoms with Crippen LogP contribution in [-0.2, 0) is 9.84 Å². The molecule has 0 spiro atoms. The maximum Gasteiger partial charge on any atom is 0.152 e. The number of nitrogens with two attached hydrogens (primary N) is 1. The van der Waals surface area contributed by atoms with Gasteiger partial charge in [-0.2, -0.15) is 0 Å². The van der Waals surface area contributed by atoms with Crippen LogP contribution in [0.1, 0.15) is 39.5 Å². The molecule has 0 aromatic heterocycles. The molecule has 0 saturated carbocycles. The van der Waals surface area contributed by atoms with Crippen LogP contribution in [0.2, 0.25) is 0 Å². The van der Waals surface area contributed by atoms with E-state index in [1.807, 2.05) is 0 Å². The number of rotatable bonds is 3. The maximum absolute atomic E-state index is 11.8. The molecule has 2 atom stereocenters. The lowest BCUT2D eigenvalue weighted by atomic mass is 9.89. The predicted molar refractivity (Wildman–Crippen MR) is 78.8 cm³/mol. The predicted octanol–water partition coefficient (Wildman–Crippen LogP) is 1.26. The van der Waals surface area contributed by atoms with Crippen LogP contribution in [0.15, 0.2) is 0 Å². The third kappa shape index (κ3) is 3.31. The Morgan fingerprint density at radius 1 is 1.32 bits per heavy atom. The first kappa shape index (κ1) is 15.3. The van der Waals surface area contributed by atoms with Gasteiger partial charge in [0.2, 0.25) is 0 Å². The number of hydrogen-bond donors (Lipinski definition) is 1. The van der Waals surface area contributed by atoms with Crippen LogP contribution >= 0.6 is 0 Å². The van der Waals surface area contributed by atoms with Crippen molar-refractivity contribution in [1.29, 1.82) is 0 Å². The minimum atomic E-state index is -2.88. The van der Waals surface area contributed by atoms with Crippen LogP contribution in [0.5, 0.6) is 0 Å². The van der Waals surface area contributed by atoms with E-state index >= 15 is 0 Å². The highest BCUT2D eigenvalue weighted by Crippen LogP contribution is 2.33. The molecule has 0 aromatic carbocycles. The molecule has 4 nitrogen and oxygen atoms in total. The number of hydrogen-bond acceptors (Lipinski definition) is 4. The highest BCUT2D eigenvalue weighted by atomic mass is 32.2. The fourth-order valence-corrected chi connectivity index (χ4v) is 5.80. The smallest absolute Gasteiger partial charge is 0.152 e. The first-order chi connectivity index (χ1) is 8.88. The molecule has 2 heterocycles. The Kier molecular flexibility index (Phi) is 4.58. The van der Waals surface area contributed by atoms with Gasteiger partial charge in [0.05, 0.1) is 11.5 Å². The molecule has 5 heteroatoms. The normalized spacial score (nSPS) is 36.5. The van der Waals surface area contributed by atoms with Gasteiger partial charge in [0, 0.05) is 12.1 Å². The maximum atomic E-state index is 11.8. The summed E-state index contributed by atoms with van der Waals surface area (Å²) in [4.78, 5) is 2.39. The summed E-state index contributed by atoms with van der Waals surface area (Å²) in [6.07, 6.45) is 4.34. The van der Waals surface area contributed by atoms with Gasteiger partial charge >= 0.3 is 0 Å². The molecule has 0 bridgehead atoms. The summed E-state index contributed by atoms with van der Waals surface area (Å²) in [5.41, 5.74) is 5.69. The molecule has 2 aliphatic rings. The van der Waals surface area contributed by atoms with Crippen LogP contribution in [0.25, 0.3) is 0 Å². The van der Waals surface area contributed by atoms with Crippen molar-refractivity contribution in [3.8, 4) is 0 Å². The van der Waals surface area contributed by atoms with Crippen LogP contribution in [-0.4, -0.2) is 50.0 Å². The van der Waals surface area contributed by atoms with Crippen LogP contribution in [0.4, 0.5) is 0 Å². The molecule has 2 fully saturated rings. The Balaban J connectivity index is 2.08. The van der Waals surface area contributed by atoms with Crippen molar-refractivity contribution in [1.82, 2.24) is 4.90 Å². The van der Waals surface area contributed by atoms with Crippen molar-refractivity contribution in [2.75, 3.05) is 31.1 Å². The lowest BCUT2D eigenvalue weighted by molar-refractivity contribution is 0.118. The van der Waals surface area contributed by atoms with Gasteiger partial charge in [0.1, 0.15) is 0 Å². The quantitative estimate of drug-likeness (QED) is 0.849. The average Bonchev–Trinajstić information content (AvgIpc) is 2.55. The molecule has 0 radical (unpaired) electrons. The molecule has 0 aromatic rings. The average molecular weight is 288 g/mol. The van der Waals surface area contributed by atoms with E-state index < -0.39 is 9.84 Å². The lowest BCUT2D eigenvalue weighted by Crippen LogP contribution is -2.55. The molecule has 19 heavy (non-hydrogen) atoms. The zero-order valence-electron chi connectivity index (χ0n) is 12.3. The highest BCUT2D eigenvalue weighted by molar-refractivity contribution is 7.91. The van der Waals surface area contributed by atoms with Crippen LogP contribution in [0.3, 0.4) is 0 Å². The summed E-state index contributed by atoms with van der Waals surface area (Å²) in [5.74, 6) is 2.08. The Hall–Kier alpha value is -0.130. The van der Waals surface area contributed by atoms with Gasteiger partial charge in [-0.05, 0) is 50.6 Å². The van der Waals surface area contributed by atoms with E-state index in [2.05, 4.69) is 18.7 Å². The Morgan fingerprint density at radius 3 is 2.58 bits per heavy atom. The van der Waals surface area contributed by atoms with Gasteiger partial charge in [-0.25, -0.2) is 8.42 Å². The second-order valence-corrected chi connectivity index (χ2v) is 8.88. The molecule has 2 saturated heterocycles. The first-order valence-electron chi connectivity index (χ1n) is 7.54. The van der Waals surface area contributed by atoms with Crippen molar-refractivity contribution >= 4 is 9.84 Å². The second-order valence-electron chi connectivity index (χ2n) is 6.69. The van der Waals surface area contributed by atoms with Crippen molar-refractivity contribution < 1.29 is 8.42 Å². The molecular formula is C14H28N2O2S. The van der Waals surface area contributed by atoms with E-state index in [9.17, 15) is 8.42 Å². The van der Waals surface area contributed by atoms with E-state index in [4.69, 9.17) is 5.73 Å². The monoisotopic (exact) mass is 288 g/mol. The SMILES string of the molecule is CC(C)C1CCCN(C2(CN)CCS(=O)(=O)C2)CC1. The molecular weight excluding hydrogens is 260 g/mol. The minimum absolute atomic E-state index is 0.267. The third-order valence-electron chi connectivity index (χ3n) is 5.13. The molecule has 0 amide bonds. The summed E-state index contributed by atoms with van der Waals surface area (Å²) in [6, 6.07) is 0. The third-order valence-corrected chi connectivity index (χ3v) is 6.94. The second kappa shape index (κ2) is 5.70. The van der Waals surface area contributed by atoms with Gasteiger partial charge in [-0.3, -0.25) is 4.90 Å². The molecule has 2 rings (SSSR count). The Morgan fingerprint density at radius 2 is 2.05 bits per heavy atom. The van der Waals surface area contributed by atoms with E-state index in [1.54, 1.807) is 0 Å². The topological polar surface area (TPSA) is 63.4 Å². The largest absolute Gasteiger partial charge is 0.329 e. The van der Waals surface area contributed by atoms with Crippen LogP contribution < -0.4 is 5.73 Å². The van der Waals surface area contributed by atoms with Gasteiger partial charge in [-0.1, -0.05) is 13.8 Å². The van der Waals surface area contributed by atoms with E-state index in [1.165, 1.54) is 19.3 Å². The summed E-state index contributed by atoms with van der Waals surface area (Å²) < 4.78 is 23.6. The molecule has 2 N–H and O–H groups in total. The van der Waals surface area contributed by atoms with Crippen molar-refractivity contribution in [3.63, 3.8) is 0 Å². The summed E-state index contributed by atoms with van der Waals surface area (Å²) in [6.45, 7) is 7.07. The Labute approximate surface area is 117 Å². The first-order valence-corrected chi connectivity index (χ1v) is 9.36. The number of likely N-dealkylation sites (tertiary alicyclic amines) is 1. The molecule has 2 unspecified atom stereocenters. The van der Waals surface area contributed by atoms with Gasteiger partial charge < -0.3 is 5.73 Å². The fraction of sp³-hybridized carbons (Fsp3) is 1.00. The Bertz CT molecular complexity index is 408. The molecule has 2 aliphatic heterocycles. The highest BCUT2D eigenvalue weighted by Gasteiger charge is 2.45. The van der Waals surface area contributed by atoms with Gasteiger partial charge in [0.15, 0.2) is 9.84 Å². The number of sulfone groups is 1.